The van der Waals surface area contributed by atoms with Crippen molar-refractivity contribution in [2.45, 2.75) is 26.7 Å². The summed E-state index contributed by atoms with van der Waals surface area (Å²) in [5, 5.41) is 6.53. The molecule has 0 saturated heterocycles. The summed E-state index contributed by atoms with van der Waals surface area (Å²) in [6.07, 6.45) is 2.18. The first-order chi connectivity index (χ1) is 9.08. The van der Waals surface area contributed by atoms with Crippen LogP contribution < -0.4 is 15.4 Å². The van der Waals surface area contributed by atoms with Crippen LogP contribution in [0.2, 0.25) is 5.02 Å². The highest BCUT2D eigenvalue weighted by atomic mass is 35.5. The molecule has 0 bridgehead atoms. The van der Waals surface area contributed by atoms with Gasteiger partial charge in [-0.1, -0.05) is 24.9 Å². The number of carbonyl (C=O) groups excluding carboxylic acids is 1. The van der Waals surface area contributed by atoms with E-state index in [1.807, 2.05) is 13.0 Å². The molecule has 0 radical (unpaired) electrons. The molecule has 0 aliphatic rings. The molecular formula is C14H21ClN2O2. The fraction of sp³-hybridized carbons (Fsp3) is 0.500. The van der Waals surface area contributed by atoms with Gasteiger partial charge in [0.15, 0.2) is 0 Å². The van der Waals surface area contributed by atoms with Gasteiger partial charge in [0.05, 0.1) is 19.3 Å². The molecule has 0 aliphatic carbocycles. The highest BCUT2D eigenvalue weighted by Gasteiger charge is 2.09. The third-order valence-electron chi connectivity index (χ3n) is 2.75. The van der Waals surface area contributed by atoms with Crippen molar-refractivity contribution >= 4 is 23.2 Å². The zero-order chi connectivity index (χ0) is 14.3. The molecule has 4 nitrogen and oxygen atoms in total. The quantitative estimate of drug-likeness (QED) is 0.757. The predicted molar refractivity (Wildman–Crippen MR) is 79.1 cm³/mol. The second-order valence-corrected chi connectivity index (χ2v) is 4.79. The average Bonchev–Trinajstić information content (AvgIpc) is 2.38. The second kappa shape index (κ2) is 8.02. The van der Waals surface area contributed by atoms with E-state index in [0.717, 1.165) is 24.9 Å². The number of amides is 1. The van der Waals surface area contributed by atoms with Gasteiger partial charge >= 0.3 is 0 Å². The Hall–Kier alpha value is -1.26. The summed E-state index contributed by atoms with van der Waals surface area (Å²) >= 11 is 6.01. The Morgan fingerprint density at radius 3 is 2.79 bits per heavy atom. The van der Waals surface area contributed by atoms with Crippen molar-refractivity contribution in [3.05, 3.63) is 22.7 Å². The molecule has 0 unspecified atom stereocenters. The van der Waals surface area contributed by atoms with Crippen LogP contribution in [-0.2, 0) is 4.79 Å². The highest BCUT2D eigenvalue weighted by molar-refractivity contribution is 6.31. The molecule has 0 aromatic heterocycles. The number of benzene rings is 1. The van der Waals surface area contributed by atoms with E-state index in [-0.39, 0.29) is 5.91 Å². The molecule has 1 aromatic carbocycles. The normalized spacial score (nSPS) is 10.3. The molecule has 0 heterocycles. The number of carbonyl (C=O) groups is 1. The van der Waals surface area contributed by atoms with Crippen LogP contribution in [0.1, 0.15) is 25.3 Å². The van der Waals surface area contributed by atoms with Gasteiger partial charge in [-0.2, -0.15) is 0 Å². The predicted octanol–water partition coefficient (Wildman–Crippen LogP) is 2.99. The molecule has 106 valence electrons. The van der Waals surface area contributed by atoms with Crippen LogP contribution in [0, 0.1) is 6.92 Å². The van der Waals surface area contributed by atoms with E-state index in [9.17, 15) is 4.79 Å². The molecule has 0 spiro atoms. The maximum absolute atomic E-state index is 11.8. The third-order valence-corrected chi connectivity index (χ3v) is 3.15. The Balaban J connectivity index is 2.60. The summed E-state index contributed by atoms with van der Waals surface area (Å²) in [4.78, 5) is 11.8. The molecule has 1 rings (SSSR count). The number of aryl methyl sites for hydroxylation is 1. The van der Waals surface area contributed by atoms with E-state index in [2.05, 4.69) is 17.6 Å². The minimum atomic E-state index is -0.0869. The molecule has 2 N–H and O–H groups in total. The third kappa shape index (κ3) is 5.09. The van der Waals surface area contributed by atoms with E-state index in [4.69, 9.17) is 16.3 Å². The summed E-state index contributed by atoms with van der Waals surface area (Å²) in [7, 11) is 1.55. The molecule has 5 heteroatoms. The molecule has 0 saturated carbocycles. The van der Waals surface area contributed by atoms with Crippen molar-refractivity contribution in [3.63, 3.8) is 0 Å². The maximum Gasteiger partial charge on any atom is 0.238 e. The van der Waals surface area contributed by atoms with E-state index in [0.29, 0.717) is 23.0 Å². The molecule has 0 fully saturated rings. The Morgan fingerprint density at radius 1 is 1.42 bits per heavy atom. The Kier molecular flexibility index (Phi) is 6.67. The van der Waals surface area contributed by atoms with Crippen LogP contribution in [0.5, 0.6) is 5.75 Å². The van der Waals surface area contributed by atoms with Crippen molar-refractivity contribution in [3.8, 4) is 5.75 Å². The number of rotatable bonds is 7. The van der Waals surface area contributed by atoms with Gasteiger partial charge in [-0.15, -0.1) is 0 Å². The molecular weight excluding hydrogens is 264 g/mol. The summed E-state index contributed by atoms with van der Waals surface area (Å²) in [5.41, 5.74) is 1.54. The SMILES string of the molecule is CCCCNCC(=O)Nc1cc(C)c(Cl)cc1OC. The van der Waals surface area contributed by atoms with Gasteiger partial charge in [-0.05, 0) is 31.5 Å². The molecule has 0 atom stereocenters. The van der Waals surface area contributed by atoms with Crippen molar-refractivity contribution < 1.29 is 9.53 Å². The Morgan fingerprint density at radius 2 is 2.16 bits per heavy atom. The standard InChI is InChI=1S/C14H21ClN2O2/c1-4-5-6-16-9-14(18)17-12-7-10(2)11(15)8-13(12)19-3/h7-8,16H,4-6,9H2,1-3H3,(H,17,18). The highest BCUT2D eigenvalue weighted by Crippen LogP contribution is 2.30. The van der Waals surface area contributed by atoms with Gasteiger partial charge in [0.2, 0.25) is 5.91 Å². The second-order valence-electron chi connectivity index (χ2n) is 4.38. The van der Waals surface area contributed by atoms with Gasteiger partial charge in [0, 0.05) is 11.1 Å². The fourth-order valence-electron chi connectivity index (χ4n) is 1.63. The van der Waals surface area contributed by atoms with Gasteiger partial charge in [-0.3, -0.25) is 4.79 Å². The topological polar surface area (TPSA) is 50.4 Å². The number of methoxy groups -OCH3 is 1. The summed E-state index contributed by atoms with van der Waals surface area (Å²) < 4.78 is 5.21. The number of nitrogens with one attached hydrogen (secondary N) is 2. The van der Waals surface area contributed by atoms with Crippen molar-refractivity contribution in [2.75, 3.05) is 25.5 Å². The van der Waals surface area contributed by atoms with Crippen molar-refractivity contribution in [1.29, 1.82) is 0 Å². The number of hydrogen-bond donors (Lipinski definition) is 2. The largest absolute Gasteiger partial charge is 0.495 e. The van der Waals surface area contributed by atoms with Gasteiger partial charge in [0.25, 0.3) is 0 Å². The van der Waals surface area contributed by atoms with E-state index < -0.39 is 0 Å². The zero-order valence-electron chi connectivity index (χ0n) is 11.7. The minimum Gasteiger partial charge on any atom is -0.495 e. The van der Waals surface area contributed by atoms with E-state index in [1.165, 1.54) is 0 Å². The minimum absolute atomic E-state index is 0.0869. The lowest BCUT2D eigenvalue weighted by Gasteiger charge is -2.12. The molecule has 19 heavy (non-hydrogen) atoms. The molecule has 1 aromatic rings. The maximum atomic E-state index is 11.8. The van der Waals surface area contributed by atoms with Crippen LogP contribution in [0.15, 0.2) is 12.1 Å². The first-order valence-electron chi connectivity index (χ1n) is 6.43. The van der Waals surface area contributed by atoms with Gasteiger partial charge < -0.3 is 15.4 Å². The smallest absolute Gasteiger partial charge is 0.238 e. The first kappa shape index (κ1) is 15.8. The van der Waals surface area contributed by atoms with E-state index in [1.54, 1.807) is 13.2 Å². The Labute approximate surface area is 119 Å². The number of anilines is 1. The van der Waals surface area contributed by atoms with Crippen molar-refractivity contribution in [1.82, 2.24) is 5.32 Å². The summed E-state index contributed by atoms with van der Waals surface area (Å²) in [6.45, 7) is 5.14. The number of ether oxygens (including phenoxy) is 1. The summed E-state index contributed by atoms with van der Waals surface area (Å²) in [5.74, 6) is 0.480. The van der Waals surface area contributed by atoms with Crippen LogP contribution in [0.4, 0.5) is 5.69 Å². The molecule has 0 aliphatic heterocycles. The van der Waals surface area contributed by atoms with Crippen LogP contribution in [-0.4, -0.2) is 26.1 Å². The lowest BCUT2D eigenvalue weighted by Crippen LogP contribution is -2.28. The lowest BCUT2D eigenvalue weighted by atomic mass is 10.2. The van der Waals surface area contributed by atoms with Gasteiger partial charge in [0.1, 0.15) is 5.75 Å². The lowest BCUT2D eigenvalue weighted by molar-refractivity contribution is -0.115. The molecule has 1 amide bonds. The van der Waals surface area contributed by atoms with Gasteiger partial charge in [-0.25, -0.2) is 0 Å². The van der Waals surface area contributed by atoms with Crippen LogP contribution in [0.3, 0.4) is 0 Å². The number of unbranched alkanes of at least 4 members (excludes halogenated alkanes) is 1. The van der Waals surface area contributed by atoms with Crippen LogP contribution >= 0.6 is 11.6 Å². The summed E-state index contributed by atoms with van der Waals surface area (Å²) in [6, 6.07) is 3.52. The van der Waals surface area contributed by atoms with E-state index >= 15 is 0 Å². The number of hydrogen-bond acceptors (Lipinski definition) is 3. The number of halogens is 1. The van der Waals surface area contributed by atoms with Crippen molar-refractivity contribution in [2.24, 2.45) is 0 Å². The van der Waals surface area contributed by atoms with Crippen LogP contribution in [0.25, 0.3) is 0 Å². The zero-order valence-corrected chi connectivity index (χ0v) is 12.4. The first-order valence-corrected chi connectivity index (χ1v) is 6.81. The Bertz CT molecular complexity index is 436. The fourth-order valence-corrected chi connectivity index (χ4v) is 1.78. The average molecular weight is 285 g/mol. The monoisotopic (exact) mass is 284 g/mol.